The molecule has 4 heterocycles. The van der Waals surface area contributed by atoms with Gasteiger partial charge in [0.25, 0.3) is 5.91 Å². The average molecular weight is 474 g/mol. The van der Waals surface area contributed by atoms with Crippen molar-refractivity contribution in [1.82, 2.24) is 25.1 Å². The Morgan fingerprint density at radius 1 is 1.06 bits per heavy atom. The van der Waals surface area contributed by atoms with E-state index in [0.29, 0.717) is 29.0 Å². The molecule has 8 nitrogen and oxygen atoms in total. The maximum atomic E-state index is 15.9. The third-order valence-corrected chi connectivity index (χ3v) is 7.22. The van der Waals surface area contributed by atoms with E-state index < -0.39 is 6.04 Å². The molecule has 3 unspecified atom stereocenters. The van der Waals surface area contributed by atoms with E-state index >= 15 is 4.39 Å². The maximum absolute atomic E-state index is 15.9. The Balaban J connectivity index is 1.46. The molecule has 0 radical (unpaired) electrons. The van der Waals surface area contributed by atoms with Gasteiger partial charge in [-0.25, -0.2) is 9.37 Å². The second kappa shape index (κ2) is 7.91. The van der Waals surface area contributed by atoms with E-state index in [1.54, 1.807) is 22.0 Å². The molecule has 0 bridgehead atoms. The number of aromatic amines is 1. The van der Waals surface area contributed by atoms with Crippen LogP contribution in [0.4, 0.5) is 15.8 Å². The summed E-state index contributed by atoms with van der Waals surface area (Å²) in [5.74, 6) is -0.571. The van der Waals surface area contributed by atoms with Crippen LogP contribution in [-0.4, -0.2) is 50.8 Å². The molecule has 2 aromatic heterocycles. The summed E-state index contributed by atoms with van der Waals surface area (Å²) in [5.41, 5.74) is 5.54. The van der Waals surface area contributed by atoms with Gasteiger partial charge in [-0.3, -0.25) is 14.4 Å². The Hall–Kier alpha value is -3.72. The molecule has 35 heavy (non-hydrogen) atoms. The van der Waals surface area contributed by atoms with Crippen molar-refractivity contribution in [2.24, 2.45) is 7.05 Å². The van der Waals surface area contributed by atoms with E-state index in [1.807, 2.05) is 44.3 Å². The Kier molecular flexibility index (Phi) is 4.93. The number of nitrogens with zero attached hydrogens (tertiary/aromatic N) is 5. The van der Waals surface area contributed by atoms with E-state index in [0.717, 1.165) is 41.1 Å². The van der Waals surface area contributed by atoms with Crippen LogP contribution in [0.2, 0.25) is 0 Å². The minimum Gasteiger partial charge on any atom is -0.368 e. The molecule has 2 N–H and O–H groups in total. The van der Waals surface area contributed by atoms with Gasteiger partial charge in [-0.1, -0.05) is 6.07 Å². The molecule has 2 aromatic carbocycles. The zero-order valence-corrected chi connectivity index (χ0v) is 20.2. The van der Waals surface area contributed by atoms with Crippen molar-refractivity contribution < 1.29 is 9.18 Å². The van der Waals surface area contributed by atoms with Gasteiger partial charge in [0, 0.05) is 60.4 Å². The second-order valence-electron chi connectivity index (χ2n) is 9.73. The molecule has 1 saturated heterocycles. The van der Waals surface area contributed by atoms with E-state index in [2.05, 4.69) is 39.1 Å². The fraction of sp³-hybridized carbons (Fsp3) is 0.346. The highest BCUT2D eigenvalue weighted by atomic mass is 19.1. The van der Waals surface area contributed by atoms with Crippen LogP contribution in [0.15, 0.2) is 42.7 Å². The summed E-state index contributed by atoms with van der Waals surface area (Å²) >= 11 is 0. The predicted octanol–water partition coefficient (Wildman–Crippen LogP) is 3.68. The Morgan fingerprint density at radius 3 is 2.54 bits per heavy atom. The van der Waals surface area contributed by atoms with Crippen LogP contribution in [0.3, 0.4) is 0 Å². The van der Waals surface area contributed by atoms with Crippen molar-refractivity contribution in [3.05, 3.63) is 71.1 Å². The number of piperazine rings is 1. The highest BCUT2D eigenvalue weighted by Gasteiger charge is 2.44. The van der Waals surface area contributed by atoms with Crippen LogP contribution in [0.25, 0.3) is 11.0 Å². The number of carbonyl (C=O) groups is 1. The fourth-order valence-electron chi connectivity index (χ4n) is 5.57. The fourth-order valence-corrected chi connectivity index (χ4v) is 5.57. The molecule has 0 saturated carbocycles. The molecule has 2 aliphatic heterocycles. The normalized spacial score (nSPS) is 22.3. The van der Waals surface area contributed by atoms with Crippen molar-refractivity contribution in [2.75, 3.05) is 22.9 Å². The molecule has 4 aromatic rings. The minimum atomic E-state index is -0.613. The Bertz CT molecular complexity index is 1450. The number of imidazole rings is 1. The van der Waals surface area contributed by atoms with Crippen molar-refractivity contribution in [3.8, 4) is 0 Å². The predicted molar refractivity (Wildman–Crippen MR) is 133 cm³/mol. The summed E-state index contributed by atoms with van der Waals surface area (Å²) in [6, 6.07) is 11.0. The summed E-state index contributed by atoms with van der Waals surface area (Å²) in [6.45, 7) is 7.82. The lowest BCUT2D eigenvalue weighted by molar-refractivity contribution is 0.0988. The third-order valence-electron chi connectivity index (χ3n) is 7.22. The molecule has 1 amide bonds. The zero-order chi connectivity index (χ0) is 24.4. The molecule has 2 aliphatic rings. The first-order chi connectivity index (χ1) is 16.8. The summed E-state index contributed by atoms with van der Waals surface area (Å²) in [6.07, 6.45) is 1.62. The Morgan fingerprint density at radius 2 is 1.80 bits per heavy atom. The van der Waals surface area contributed by atoms with Gasteiger partial charge in [0.1, 0.15) is 5.82 Å². The van der Waals surface area contributed by atoms with Gasteiger partial charge in [-0.15, -0.1) is 0 Å². The lowest BCUT2D eigenvalue weighted by Gasteiger charge is -2.38. The molecule has 9 heteroatoms. The van der Waals surface area contributed by atoms with Gasteiger partial charge < -0.3 is 15.2 Å². The number of H-pyrrole nitrogens is 1. The highest BCUT2D eigenvalue weighted by Crippen LogP contribution is 2.44. The maximum Gasteiger partial charge on any atom is 0.280 e. The van der Waals surface area contributed by atoms with Gasteiger partial charge in [-0.2, -0.15) is 5.10 Å². The number of anilines is 2. The number of halogens is 1. The number of amides is 1. The number of carbonyl (C=O) groups excluding carboxylic acids is 1. The first-order valence-corrected chi connectivity index (χ1v) is 11.9. The largest absolute Gasteiger partial charge is 0.368 e. The zero-order valence-electron chi connectivity index (χ0n) is 20.2. The van der Waals surface area contributed by atoms with Crippen molar-refractivity contribution in [2.45, 2.75) is 38.9 Å². The van der Waals surface area contributed by atoms with Crippen LogP contribution >= 0.6 is 0 Å². The second-order valence-corrected chi connectivity index (χ2v) is 9.73. The molecular formula is C26H28FN7O. The van der Waals surface area contributed by atoms with Crippen LogP contribution in [-0.2, 0) is 7.05 Å². The molecule has 0 spiro atoms. The monoisotopic (exact) mass is 473 g/mol. The van der Waals surface area contributed by atoms with Crippen molar-refractivity contribution in [3.63, 3.8) is 0 Å². The van der Waals surface area contributed by atoms with E-state index in [-0.39, 0.29) is 11.7 Å². The molecular weight excluding hydrogens is 445 g/mol. The number of nitrogens with one attached hydrogen (secondary N) is 2. The molecule has 180 valence electrons. The highest BCUT2D eigenvalue weighted by molar-refractivity contribution is 6.11. The number of benzene rings is 2. The first kappa shape index (κ1) is 21.8. The number of aromatic nitrogens is 4. The van der Waals surface area contributed by atoms with Gasteiger partial charge in [0.05, 0.1) is 23.4 Å². The molecule has 0 aliphatic carbocycles. The van der Waals surface area contributed by atoms with Gasteiger partial charge >= 0.3 is 0 Å². The summed E-state index contributed by atoms with van der Waals surface area (Å²) in [5, 5.41) is 7.99. The van der Waals surface area contributed by atoms with Crippen LogP contribution in [0.5, 0.6) is 0 Å². The number of rotatable bonds is 3. The lowest BCUT2D eigenvalue weighted by Crippen LogP contribution is -2.54. The molecule has 6 rings (SSSR count). The van der Waals surface area contributed by atoms with E-state index in [9.17, 15) is 4.79 Å². The van der Waals surface area contributed by atoms with Gasteiger partial charge in [0.15, 0.2) is 5.69 Å². The molecule has 3 atom stereocenters. The van der Waals surface area contributed by atoms with E-state index in [1.165, 1.54) is 0 Å². The summed E-state index contributed by atoms with van der Waals surface area (Å²) < 4.78 is 17.6. The van der Waals surface area contributed by atoms with Gasteiger partial charge in [0.2, 0.25) is 0 Å². The van der Waals surface area contributed by atoms with Crippen molar-refractivity contribution >= 4 is 28.3 Å². The summed E-state index contributed by atoms with van der Waals surface area (Å²) in [7, 11) is 1.81. The van der Waals surface area contributed by atoms with E-state index in [4.69, 9.17) is 0 Å². The minimum absolute atomic E-state index is 0.239. The summed E-state index contributed by atoms with van der Waals surface area (Å²) in [4.78, 5) is 24.9. The van der Waals surface area contributed by atoms with Crippen molar-refractivity contribution in [1.29, 1.82) is 0 Å². The Labute approximate surface area is 202 Å². The topological polar surface area (TPSA) is 82.1 Å². The smallest absolute Gasteiger partial charge is 0.280 e. The average Bonchev–Trinajstić information content (AvgIpc) is 3.48. The van der Waals surface area contributed by atoms with Crippen LogP contribution in [0, 0.1) is 12.7 Å². The number of aryl methyl sites for hydroxylation is 1. The quantitative estimate of drug-likeness (QED) is 0.474. The van der Waals surface area contributed by atoms with Crippen LogP contribution in [0.1, 0.15) is 47.2 Å². The molecule has 1 fully saturated rings. The number of hydrogen-bond donors (Lipinski definition) is 2. The number of hydrogen-bond acceptors (Lipinski definition) is 5. The van der Waals surface area contributed by atoms with Crippen LogP contribution < -0.4 is 15.1 Å². The first-order valence-electron chi connectivity index (χ1n) is 11.9. The standard InChI is InChI=1S/C26H28FN7O/c1-14-11-33(12-15(2)30-14)17-5-7-19(20(27)9-17)25-23-16(3)32(4)31-24(23)26(35)34(25)18-6-8-21-22(10-18)29-13-28-21/h5-10,13-15,25,30H,11-12H2,1-4H3,(H,28,29). The SMILES string of the molecule is Cc1c2c(nn1C)C(=O)N(c1ccc3[nH]cnc3c1)C2c1ccc(N2CC(C)NC(C)C2)cc1F. The lowest BCUT2D eigenvalue weighted by atomic mass is 9.97. The number of fused-ring (bicyclic) bond motifs is 2. The third kappa shape index (κ3) is 3.41. The van der Waals surface area contributed by atoms with Gasteiger partial charge in [-0.05, 0) is 51.1 Å².